The molecule has 1 fully saturated rings. The molecule has 1 atom stereocenters. The fourth-order valence-corrected chi connectivity index (χ4v) is 2.97. The number of nitrogens with one attached hydrogen (secondary N) is 1. The van der Waals surface area contributed by atoms with Gasteiger partial charge in [0.2, 0.25) is 5.91 Å². The van der Waals surface area contributed by atoms with Crippen LogP contribution < -0.4 is 11.1 Å². The first-order valence-corrected chi connectivity index (χ1v) is 8.52. The normalized spacial score (nSPS) is 19.5. The van der Waals surface area contributed by atoms with Crippen LogP contribution in [-0.2, 0) is 4.79 Å². The monoisotopic (exact) mass is 297 g/mol. The Hall–Kier alpha value is -0.610. The summed E-state index contributed by atoms with van der Waals surface area (Å²) in [6, 6.07) is 0. The van der Waals surface area contributed by atoms with Crippen molar-refractivity contribution in [1.82, 2.24) is 10.2 Å². The number of hydrogen-bond acceptors (Lipinski definition) is 3. The summed E-state index contributed by atoms with van der Waals surface area (Å²) >= 11 is 0. The van der Waals surface area contributed by atoms with E-state index < -0.39 is 0 Å². The maximum Gasteiger partial charge on any atom is 0.224 e. The van der Waals surface area contributed by atoms with Gasteiger partial charge in [-0.05, 0) is 56.7 Å². The molecule has 1 aliphatic rings. The fraction of sp³-hybridized carbons (Fsp3) is 0.941. The van der Waals surface area contributed by atoms with Crippen molar-refractivity contribution in [1.29, 1.82) is 0 Å². The van der Waals surface area contributed by atoms with Crippen LogP contribution in [0, 0.1) is 17.3 Å². The Morgan fingerprint density at radius 2 is 1.95 bits per heavy atom. The van der Waals surface area contributed by atoms with Gasteiger partial charge in [0.1, 0.15) is 0 Å². The first kappa shape index (κ1) is 18.4. The second kappa shape index (κ2) is 8.74. The molecule has 0 spiro atoms. The van der Waals surface area contributed by atoms with Crippen LogP contribution in [0.5, 0.6) is 0 Å². The molecule has 0 bridgehead atoms. The molecule has 21 heavy (non-hydrogen) atoms. The third kappa shape index (κ3) is 7.82. The zero-order valence-corrected chi connectivity index (χ0v) is 14.5. The molecular formula is C17H35N3O. The summed E-state index contributed by atoms with van der Waals surface area (Å²) < 4.78 is 0. The predicted octanol–water partition coefficient (Wildman–Crippen LogP) is 2.24. The van der Waals surface area contributed by atoms with Crippen molar-refractivity contribution in [2.45, 2.75) is 53.4 Å². The number of carbonyl (C=O) groups excluding carboxylic acids is 1. The van der Waals surface area contributed by atoms with Gasteiger partial charge in [0, 0.05) is 13.1 Å². The topological polar surface area (TPSA) is 58.4 Å². The number of carbonyl (C=O) groups is 1. The summed E-state index contributed by atoms with van der Waals surface area (Å²) in [6.45, 7) is 13.5. The van der Waals surface area contributed by atoms with Gasteiger partial charge in [0.05, 0.1) is 5.92 Å². The summed E-state index contributed by atoms with van der Waals surface area (Å²) in [5.74, 6) is 0.948. The van der Waals surface area contributed by atoms with E-state index in [0.717, 1.165) is 31.8 Å². The summed E-state index contributed by atoms with van der Waals surface area (Å²) in [4.78, 5) is 14.7. The van der Waals surface area contributed by atoms with Gasteiger partial charge >= 0.3 is 0 Å². The molecule has 0 aromatic heterocycles. The molecule has 1 rings (SSSR count). The number of nitrogens with zero attached hydrogens (tertiary/aromatic N) is 1. The number of amides is 1. The summed E-state index contributed by atoms with van der Waals surface area (Å²) in [7, 11) is 0. The van der Waals surface area contributed by atoms with E-state index in [4.69, 9.17) is 5.73 Å². The number of likely N-dealkylation sites (tertiary alicyclic amines) is 1. The van der Waals surface area contributed by atoms with Gasteiger partial charge in [-0.2, -0.15) is 0 Å². The highest BCUT2D eigenvalue weighted by Gasteiger charge is 2.23. The highest BCUT2D eigenvalue weighted by atomic mass is 16.1. The van der Waals surface area contributed by atoms with Gasteiger partial charge in [0.25, 0.3) is 0 Å². The van der Waals surface area contributed by atoms with E-state index in [2.05, 4.69) is 37.9 Å². The van der Waals surface area contributed by atoms with E-state index >= 15 is 0 Å². The minimum atomic E-state index is -0.0548. The molecule has 1 unspecified atom stereocenters. The second-order valence-corrected chi connectivity index (χ2v) is 7.87. The van der Waals surface area contributed by atoms with Crippen molar-refractivity contribution in [3.05, 3.63) is 0 Å². The van der Waals surface area contributed by atoms with Crippen LogP contribution in [0.4, 0.5) is 0 Å². The van der Waals surface area contributed by atoms with E-state index in [1.54, 1.807) is 0 Å². The first-order chi connectivity index (χ1) is 9.81. The number of rotatable bonds is 7. The minimum absolute atomic E-state index is 0.0548. The van der Waals surface area contributed by atoms with Crippen molar-refractivity contribution in [3.63, 3.8) is 0 Å². The number of nitrogens with two attached hydrogens (primary N) is 1. The van der Waals surface area contributed by atoms with Crippen LogP contribution in [0.3, 0.4) is 0 Å². The summed E-state index contributed by atoms with van der Waals surface area (Å²) in [5, 5.41) is 3.06. The predicted molar refractivity (Wildman–Crippen MR) is 89.1 cm³/mol. The third-order valence-corrected chi connectivity index (χ3v) is 4.34. The molecule has 4 heteroatoms. The van der Waals surface area contributed by atoms with Crippen molar-refractivity contribution in [2.24, 2.45) is 23.0 Å². The Morgan fingerprint density at radius 3 is 2.48 bits per heavy atom. The molecule has 0 aliphatic carbocycles. The number of hydrogen-bond donors (Lipinski definition) is 2. The SMILES string of the molecule is CC1CCN(CCCNC(=O)C(CN)CC(C)(C)C)CC1. The standard InChI is InChI=1S/C17H35N3O/c1-14-6-10-20(11-7-14)9-5-8-19-16(21)15(13-18)12-17(2,3)4/h14-15H,5-13,18H2,1-4H3,(H,19,21). The van der Waals surface area contributed by atoms with E-state index in [0.29, 0.717) is 6.54 Å². The van der Waals surface area contributed by atoms with E-state index in [9.17, 15) is 4.79 Å². The van der Waals surface area contributed by atoms with E-state index in [1.165, 1.54) is 25.9 Å². The van der Waals surface area contributed by atoms with Gasteiger partial charge < -0.3 is 16.0 Å². The Kier molecular flexibility index (Phi) is 7.67. The molecule has 3 N–H and O–H groups in total. The van der Waals surface area contributed by atoms with Gasteiger partial charge in [0.15, 0.2) is 0 Å². The lowest BCUT2D eigenvalue weighted by Crippen LogP contribution is -2.39. The molecule has 1 amide bonds. The average molecular weight is 297 g/mol. The van der Waals surface area contributed by atoms with E-state index in [-0.39, 0.29) is 17.2 Å². The van der Waals surface area contributed by atoms with Crippen molar-refractivity contribution < 1.29 is 4.79 Å². The van der Waals surface area contributed by atoms with Gasteiger partial charge in [-0.25, -0.2) is 0 Å². The third-order valence-electron chi connectivity index (χ3n) is 4.34. The largest absolute Gasteiger partial charge is 0.356 e. The van der Waals surface area contributed by atoms with Gasteiger partial charge in [-0.15, -0.1) is 0 Å². The average Bonchev–Trinajstić information content (AvgIpc) is 2.41. The van der Waals surface area contributed by atoms with Crippen LogP contribution in [0.2, 0.25) is 0 Å². The quantitative estimate of drug-likeness (QED) is 0.709. The van der Waals surface area contributed by atoms with Crippen LogP contribution >= 0.6 is 0 Å². The molecule has 1 heterocycles. The Morgan fingerprint density at radius 1 is 1.33 bits per heavy atom. The molecule has 0 aromatic carbocycles. The molecule has 0 aromatic rings. The maximum atomic E-state index is 12.1. The van der Waals surface area contributed by atoms with Crippen LogP contribution in [0.15, 0.2) is 0 Å². The lowest BCUT2D eigenvalue weighted by molar-refractivity contribution is -0.125. The summed E-state index contributed by atoms with van der Waals surface area (Å²) in [6.07, 6.45) is 4.51. The Bertz CT molecular complexity index is 304. The lowest BCUT2D eigenvalue weighted by Gasteiger charge is -2.30. The second-order valence-electron chi connectivity index (χ2n) is 7.87. The summed E-state index contributed by atoms with van der Waals surface area (Å²) in [5.41, 5.74) is 5.89. The van der Waals surface area contributed by atoms with Crippen molar-refractivity contribution in [2.75, 3.05) is 32.7 Å². The fourth-order valence-electron chi connectivity index (χ4n) is 2.97. The molecule has 1 aliphatic heterocycles. The highest BCUT2D eigenvalue weighted by molar-refractivity contribution is 5.78. The minimum Gasteiger partial charge on any atom is -0.356 e. The lowest BCUT2D eigenvalue weighted by atomic mass is 9.84. The molecule has 124 valence electrons. The maximum absolute atomic E-state index is 12.1. The van der Waals surface area contributed by atoms with Gasteiger partial charge in [-0.1, -0.05) is 27.7 Å². The van der Waals surface area contributed by atoms with Crippen molar-refractivity contribution in [3.8, 4) is 0 Å². The Balaban J connectivity index is 2.17. The number of piperidine rings is 1. The molecular weight excluding hydrogens is 262 g/mol. The van der Waals surface area contributed by atoms with Gasteiger partial charge in [-0.3, -0.25) is 4.79 Å². The Labute approximate surface area is 130 Å². The zero-order valence-electron chi connectivity index (χ0n) is 14.5. The highest BCUT2D eigenvalue weighted by Crippen LogP contribution is 2.24. The molecule has 1 saturated heterocycles. The van der Waals surface area contributed by atoms with Crippen LogP contribution in [0.25, 0.3) is 0 Å². The zero-order chi connectivity index (χ0) is 15.9. The van der Waals surface area contributed by atoms with Crippen LogP contribution in [-0.4, -0.2) is 43.5 Å². The van der Waals surface area contributed by atoms with E-state index in [1.807, 2.05) is 0 Å². The molecule has 0 saturated carbocycles. The first-order valence-electron chi connectivity index (χ1n) is 8.52. The smallest absolute Gasteiger partial charge is 0.224 e. The van der Waals surface area contributed by atoms with Crippen LogP contribution in [0.1, 0.15) is 53.4 Å². The van der Waals surface area contributed by atoms with Crippen molar-refractivity contribution >= 4 is 5.91 Å². The molecule has 0 radical (unpaired) electrons. The molecule has 4 nitrogen and oxygen atoms in total.